The summed E-state index contributed by atoms with van der Waals surface area (Å²) in [6.45, 7) is 1.19. The van der Waals surface area contributed by atoms with Crippen LogP contribution in [0.4, 0.5) is 0 Å². The molecule has 8 nitrogen and oxygen atoms in total. The molecule has 1 saturated carbocycles. The molecular formula is C18H32O8. The Hall–Kier alpha value is -0.610. The minimum Gasteiger partial charge on any atom is -0.394 e. The van der Waals surface area contributed by atoms with Gasteiger partial charge in [-0.25, -0.2) is 0 Å². The van der Waals surface area contributed by atoms with E-state index in [-0.39, 0.29) is 50.1 Å². The lowest BCUT2D eigenvalue weighted by Crippen LogP contribution is -2.40. The standard InChI is InChI=1S/C18H32O8/c1-23-18(25-9-3-12(21)11-20)17-14(2-6-19)15(22)10-16(17)26-13-4-7-24-8-5-13/h6,12-18,20-22H,2-5,7-11H2,1H3/t12?,14-,15-,16+,17+,18-/m1/s1. The number of methoxy groups -OCH3 is 1. The van der Waals surface area contributed by atoms with Crippen molar-refractivity contribution in [1.82, 2.24) is 0 Å². The lowest BCUT2D eigenvalue weighted by Gasteiger charge is -2.34. The van der Waals surface area contributed by atoms with Gasteiger partial charge in [0.05, 0.1) is 37.6 Å². The van der Waals surface area contributed by atoms with E-state index < -0.39 is 18.5 Å². The number of ether oxygens (including phenoxy) is 4. The molecule has 1 heterocycles. The molecule has 0 radical (unpaired) electrons. The van der Waals surface area contributed by atoms with E-state index in [1.54, 1.807) is 0 Å². The number of aldehydes is 1. The quantitative estimate of drug-likeness (QED) is 0.337. The Bertz CT molecular complexity index is 401. The van der Waals surface area contributed by atoms with Gasteiger partial charge >= 0.3 is 0 Å². The van der Waals surface area contributed by atoms with Gasteiger partial charge in [-0.3, -0.25) is 0 Å². The van der Waals surface area contributed by atoms with Crippen LogP contribution in [0, 0.1) is 11.8 Å². The van der Waals surface area contributed by atoms with Gasteiger partial charge in [-0.1, -0.05) is 0 Å². The summed E-state index contributed by atoms with van der Waals surface area (Å²) < 4.78 is 22.9. The van der Waals surface area contributed by atoms with E-state index in [4.69, 9.17) is 24.1 Å². The number of aliphatic hydroxyl groups excluding tert-OH is 3. The fraction of sp³-hybridized carbons (Fsp3) is 0.944. The molecule has 1 saturated heterocycles. The number of hydrogen-bond donors (Lipinski definition) is 3. The van der Waals surface area contributed by atoms with Gasteiger partial charge in [0.1, 0.15) is 6.29 Å². The highest BCUT2D eigenvalue weighted by Crippen LogP contribution is 2.41. The molecule has 0 spiro atoms. The molecule has 2 fully saturated rings. The molecule has 8 heteroatoms. The monoisotopic (exact) mass is 376 g/mol. The van der Waals surface area contributed by atoms with Gasteiger partial charge in [0, 0.05) is 45.0 Å². The molecule has 26 heavy (non-hydrogen) atoms. The van der Waals surface area contributed by atoms with Crippen LogP contribution < -0.4 is 0 Å². The second kappa shape index (κ2) is 11.3. The molecule has 0 amide bonds. The molecule has 1 aliphatic carbocycles. The van der Waals surface area contributed by atoms with Crippen molar-refractivity contribution in [3.05, 3.63) is 0 Å². The van der Waals surface area contributed by atoms with E-state index in [0.29, 0.717) is 19.6 Å². The lowest BCUT2D eigenvalue weighted by atomic mass is 9.90. The maximum Gasteiger partial charge on any atom is 0.162 e. The second-order valence-electron chi connectivity index (χ2n) is 7.03. The maximum absolute atomic E-state index is 11.1. The first-order valence-electron chi connectivity index (χ1n) is 9.38. The van der Waals surface area contributed by atoms with Crippen LogP contribution in [0.15, 0.2) is 0 Å². The molecule has 2 aliphatic rings. The Morgan fingerprint density at radius 3 is 2.65 bits per heavy atom. The Morgan fingerprint density at radius 2 is 2.04 bits per heavy atom. The van der Waals surface area contributed by atoms with Gasteiger partial charge in [-0.15, -0.1) is 0 Å². The minimum absolute atomic E-state index is 0.0622. The van der Waals surface area contributed by atoms with E-state index in [9.17, 15) is 15.0 Å². The van der Waals surface area contributed by atoms with Gasteiger partial charge in [-0.2, -0.15) is 0 Å². The molecule has 3 N–H and O–H groups in total. The van der Waals surface area contributed by atoms with Crippen molar-refractivity contribution in [3.63, 3.8) is 0 Å². The Morgan fingerprint density at radius 1 is 1.31 bits per heavy atom. The smallest absolute Gasteiger partial charge is 0.162 e. The lowest BCUT2D eigenvalue weighted by molar-refractivity contribution is -0.199. The van der Waals surface area contributed by atoms with E-state index in [1.165, 1.54) is 7.11 Å². The molecule has 6 atom stereocenters. The number of hydrogen-bond acceptors (Lipinski definition) is 8. The first kappa shape index (κ1) is 21.7. The van der Waals surface area contributed by atoms with Crippen molar-refractivity contribution < 1.29 is 39.1 Å². The largest absolute Gasteiger partial charge is 0.394 e. The maximum atomic E-state index is 11.1. The van der Waals surface area contributed by atoms with Crippen molar-refractivity contribution in [2.75, 3.05) is 33.5 Å². The third-order valence-electron chi connectivity index (χ3n) is 5.29. The van der Waals surface area contributed by atoms with Crippen LogP contribution in [0.5, 0.6) is 0 Å². The van der Waals surface area contributed by atoms with Crippen molar-refractivity contribution in [3.8, 4) is 0 Å². The fourth-order valence-electron chi connectivity index (χ4n) is 3.86. The highest BCUT2D eigenvalue weighted by Gasteiger charge is 2.48. The average molecular weight is 376 g/mol. The Balaban J connectivity index is 2.02. The SMILES string of the molecule is CO[C@H](OCCC(O)CO)[C@H]1[C@H](CC=O)[C@H](O)C[C@@H]1OC1CCOCC1. The van der Waals surface area contributed by atoms with Crippen LogP contribution in [0.25, 0.3) is 0 Å². The summed E-state index contributed by atoms with van der Waals surface area (Å²) in [5, 5.41) is 28.8. The van der Waals surface area contributed by atoms with Gasteiger partial charge in [0.25, 0.3) is 0 Å². The minimum atomic E-state index is -0.846. The third kappa shape index (κ3) is 5.95. The van der Waals surface area contributed by atoms with Crippen molar-refractivity contribution in [2.24, 2.45) is 11.8 Å². The van der Waals surface area contributed by atoms with Gasteiger partial charge in [-0.05, 0) is 19.3 Å². The van der Waals surface area contributed by atoms with Crippen LogP contribution in [-0.2, 0) is 23.7 Å². The average Bonchev–Trinajstić information content (AvgIpc) is 2.95. The summed E-state index contributed by atoms with van der Waals surface area (Å²) in [7, 11) is 1.52. The predicted molar refractivity (Wildman–Crippen MR) is 91.5 cm³/mol. The molecule has 1 aliphatic heterocycles. The van der Waals surface area contributed by atoms with Crippen molar-refractivity contribution >= 4 is 6.29 Å². The van der Waals surface area contributed by atoms with Crippen LogP contribution >= 0.6 is 0 Å². The number of rotatable bonds is 11. The second-order valence-corrected chi connectivity index (χ2v) is 7.03. The molecule has 0 aromatic heterocycles. The van der Waals surface area contributed by atoms with Gasteiger partial charge < -0.3 is 39.1 Å². The molecule has 1 unspecified atom stereocenters. The van der Waals surface area contributed by atoms with Gasteiger partial charge in [0.15, 0.2) is 6.29 Å². The molecule has 2 rings (SSSR count). The first-order chi connectivity index (χ1) is 12.6. The number of aliphatic hydroxyl groups is 3. The predicted octanol–water partition coefficient (Wildman–Crippen LogP) is -0.131. The van der Waals surface area contributed by atoms with E-state index >= 15 is 0 Å². The normalized spacial score (nSPS) is 32.5. The summed E-state index contributed by atoms with van der Waals surface area (Å²) in [6.07, 6.45) is 0.963. The van der Waals surface area contributed by atoms with E-state index in [1.807, 2.05) is 0 Å². The van der Waals surface area contributed by atoms with E-state index in [2.05, 4.69) is 0 Å². The number of carbonyl (C=O) groups is 1. The molecular weight excluding hydrogens is 344 g/mol. The molecule has 0 bridgehead atoms. The molecule has 0 aromatic carbocycles. The Labute approximate surface area is 154 Å². The molecule has 0 aromatic rings. The summed E-state index contributed by atoms with van der Waals surface area (Å²) in [5.74, 6) is -0.584. The van der Waals surface area contributed by atoms with E-state index in [0.717, 1.165) is 19.1 Å². The summed E-state index contributed by atoms with van der Waals surface area (Å²) in [5.41, 5.74) is 0. The summed E-state index contributed by atoms with van der Waals surface area (Å²) in [6, 6.07) is 0. The van der Waals surface area contributed by atoms with Crippen molar-refractivity contribution in [1.29, 1.82) is 0 Å². The van der Waals surface area contributed by atoms with Crippen LogP contribution in [0.3, 0.4) is 0 Å². The molecule has 152 valence electrons. The highest BCUT2D eigenvalue weighted by molar-refractivity contribution is 5.50. The Kier molecular flexibility index (Phi) is 9.41. The third-order valence-corrected chi connectivity index (χ3v) is 5.29. The topological polar surface area (TPSA) is 115 Å². The zero-order valence-corrected chi connectivity index (χ0v) is 15.4. The van der Waals surface area contributed by atoms with Crippen molar-refractivity contribution in [2.45, 2.75) is 62.8 Å². The van der Waals surface area contributed by atoms with Gasteiger partial charge in [0.2, 0.25) is 0 Å². The first-order valence-corrected chi connectivity index (χ1v) is 9.38. The van der Waals surface area contributed by atoms with Crippen LogP contribution in [-0.4, -0.2) is 85.8 Å². The summed E-state index contributed by atoms with van der Waals surface area (Å²) in [4.78, 5) is 11.1. The van der Waals surface area contributed by atoms with Crippen LogP contribution in [0.2, 0.25) is 0 Å². The zero-order chi connectivity index (χ0) is 18.9. The fourth-order valence-corrected chi connectivity index (χ4v) is 3.86. The zero-order valence-electron chi connectivity index (χ0n) is 15.4. The highest BCUT2D eigenvalue weighted by atomic mass is 16.7. The van der Waals surface area contributed by atoms with Crippen LogP contribution in [0.1, 0.15) is 32.1 Å². The summed E-state index contributed by atoms with van der Waals surface area (Å²) >= 11 is 0. The number of carbonyl (C=O) groups excluding carboxylic acids is 1.